The number of hydrogen-bond donors (Lipinski definition) is 0. The first-order valence-electron chi connectivity index (χ1n) is 6.77. The van der Waals surface area contributed by atoms with Gasteiger partial charge in [-0.3, -0.25) is 0 Å². The molecular weight excluding hydrogens is 307 g/mol. The molecule has 8 heteroatoms. The van der Waals surface area contributed by atoms with Crippen molar-refractivity contribution in [3.05, 3.63) is 12.2 Å². The molecule has 0 N–H and O–H groups in total. The van der Waals surface area contributed by atoms with Gasteiger partial charge in [-0.25, -0.2) is 0 Å². The van der Waals surface area contributed by atoms with Crippen molar-refractivity contribution in [2.24, 2.45) is 36.2 Å². The second kappa shape index (κ2) is 3.63. The third kappa shape index (κ3) is 1.35. The van der Waals surface area contributed by atoms with E-state index in [4.69, 9.17) is 0 Å². The van der Waals surface area contributed by atoms with E-state index in [0.29, 0.717) is 23.7 Å². The van der Waals surface area contributed by atoms with E-state index in [0.717, 1.165) is 12.8 Å². The van der Waals surface area contributed by atoms with Crippen LogP contribution >= 0.6 is 0 Å². The predicted molar refractivity (Wildman–Crippen MR) is 73.0 cm³/mol. The first kappa shape index (κ1) is 12.1. The summed E-state index contributed by atoms with van der Waals surface area (Å²) in [5.41, 5.74) is 0. The Hall–Kier alpha value is -0.500. The third-order valence-corrected chi connectivity index (χ3v) is 9.64. The molecule has 108 valence electrons. The van der Waals surface area contributed by atoms with Gasteiger partial charge in [0, 0.05) is 21.8 Å². The smallest absolute Gasteiger partial charge is 0.179 e. The van der Waals surface area contributed by atoms with Crippen molar-refractivity contribution in [3.8, 4) is 0 Å². The standard InChI is InChI=1S/C12H12F3N3S2/c13-12(14,15)11-16-19-9-7-4-8(6-3-1-2-5(6)7)10(9)20(17-11)18-19/h1-2,5-10H,3-4H2/t5-,6+,7+,8-,9+,10-,19+,20?/m0/s1. The second-order valence-corrected chi connectivity index (χ2v) is 9.28. The molecule has 3 nitrogen and oxygen atoms in total. The molecule has 4 bridgehead atoms. The molecule has 0 aromatic heterocycles. The molecular formula is C12H12F3N3S2. The number of fused-ring (bicyclic) bond motifs is 11. The topological polar surface area (TPSA) is 37.1 Å². The van der Waals surface area contributed by atoms with Crippen molar-refractivity contribution >= 4 is 27.6 Å². The van der Waals surface area contributed by atoms with Crippen LogP contribution in [0.2, 0.25) is 0 Å². The summed E-state index contributed by atoms with van der Waals surface area (Å²) in [5, 5.41) is 0.476. The van der Waals surface area contributed by atoms with Crippen molar-refractivity contribution in [1.82, 2.24) is 0 Å². The highest BCUT2D eigenvalue weighted by molar-refractivity contribution is 8.02. The fourth-order valence-electron chi connectivity index (χ4n) is 4.66. The molecule has 2 saturated carbocycles. The van der Waals surface area contributed by atoms with Gasteiger partial charge in [0.25, 0.3) is 5.84 Å². The summed E-state index contributed by atoms with van der Waals surface area (Å²) < 4.78 is 50.8. The molecule has 5 aliphatic rings. The molecule has 20 heavy (non-hydrogen) atoms. The predicted octanol–water partition coefficient (Wildman–Crippen LogP) is 2.99. The maximum Gasteiger partial charge on any atom is 0.452 e. The maximum absolute atomic E-state index is 12.9. The van der Waals surface area contributed by atoms with Gasteiger partial charge in [-0.15, -0.1) is 0 Å². The quantitative estimate of drug-likeness (QED) is 0.616. The number of rotatable bonds is 0. The highest BCUT2D eigenvalue weighted by Gasteiger charge is 2.63. The van der Waals surface area contributed by atoms with Crippen LogP contribution in [-0.2, 0) is 21.8 Å². The largest absolute Gasteiger partial charge is 0.452 e. The number of nitrogens with zero attached hydrogens (tertiary/aromatic N) is 3. The zero-order valence-electron chi connectivity index (χ0n) is 10.3. The summed E-state index contributed by atoms with van der Waals surface area (Å²) in [6.45, 7) is 0. The third-order valence-electron chi connectivity index (χ3n) is 5.27. The Morgan fingerprint density at radius 1 is 1.10 bits per heavy atom. The van der Waals surface area contributed by atoms with Gasteiger partial charge < -0.3 is 0 Å². The van der Waals surface area contributed by atoms with E-state index in [1.54, 1.807) is 0 Å². The lowest BCUT2D eigenvalue weighted by Crippen LogP contribution is -2.40. The van der Waals surface area contributed by atoms with Crippen LogP contribution in [0.25, 0.3) is 0 Å². The molecule has 8 atom stereocenters. The van der Waals surface area contributed by atoms with Gasteiger partial charge in [0.2, 0.25) is 0 Å². The van der Waals surface area contributed by atoms with Gasteiger partial charge in [-0.1, -0.05) is 12.2 Å². The summed E-state index contributed by atoms with van der Waals surface area (Å²) in [4.78, 5) is 0. The van der Waals surface area contributed by atoms with E-state index < -0.39 is 33.8 Å². The number of amidine groups is 1. The number of halogens is 3. The van der Waals surface area contributed by atoms with Crippen LogP contribution in [-0.4, -0.2) is 22.5 Å². The van der Waals surface area contributed by atoms with E-state index in [-0.39, 0.29) is 10.5 Å². The molecule has 5 rings (SSSR count). The van der Waals surface area contributed by atoms with Crippen LogP contribution in [0, 0.1) is 23.7 Å². The number of hydrogen-bond acceptors (Lipinski definition) is 3. The van der Waals surface area contributed by atoms with E-state index in [1.165, 1.54) is 0 Å². The normalized spacial score (nSPS) is 54.2. The summed E-state index contributed by atoms with van der Waals surface area (Å²) in [5.74, 6) is 1.30. The molecule has 0 aromatic carbocycles. The Morgan fingerprint density at radius 2 is 1.90 bits per heavy atom. The van der Waals surface area contributed by atoms with Crippen LogP contribution < -0.4 is 0 Å². The lowest BCUT2D eigenvalue weighted by Gasteiger charge is -2.32. The van der Waals surface area contributed by atoms with Gasteiger partial charge in [0.15, 0.2) is 0 Å². The SMILES string of the molecule is FC(F)(F)C1=NS2=N[S@@](=N1)[C@@H]1[C@@H]3C[C@@H]([C@@H]4CC=C[C@@H]43)[C@@H]12. The fraction of sp³-hybridized carbons (Fsp3) is 0.750. The Kier molecular flexibility index (Phi) is 2.19. The average molecular weight is 319 g/mol. The minimum Gasteiger partial charge on any atom is -0.179 e. The first-order valence-corrected chi connectivity index (χ1v) is 9.17. The Bertz CT molecular complexity index is 636. The van der Waals surface area contributed by atoms with Gasteiger partial charge in [0.1, 0.15) is 0 Å². The minimum absolute atomic E-state index is 0.232. The van der Waals surface area contributed by atoms with E-state index in [9.17, 15) is 13.2 Å². The molecule has 0 saturated heterocycles. The minimum atomic E-state index is -4.42. The van der Waals surface area contributed by atoms with Crippen LogP contribution in [0.3, 0.4) is 0 Å². The zero-order valence-corrected chi connectivity index (χ0v) is 12.0. The monoisotopic (exact) mass is 319 g/mol. The van der Waals surface area contributed by atoms with E-state index >= 15 is 0 Å². The summed E-state index contributed by atoms with van der Waals surface area (Å²) in [7, 11) is -1.58. The van der Waals surface area contributed by atoms with E-state index in [2.05, 4.69) is 24.7 Å². The van der Waals surface area contributed by atoms with Crippen molar-refractivity contribution in [1.29, 1.82) is 0 Å². The van der Waals surface area contributed by atoms with Crippen LogP contribution in [0.5, 0.6) is 0 Å². The molecule has 2 aliphatic heterocycles. The van der Waals surface area contributed by atoms with Gasteiger partial charge in [-0.2, -0.15) is 25.7 Å². The molecule has 0 spiro atoms. The van der Waals surface area contributed by atoms with Gasteiger partial charge >= 0.3 is 6.18 Å². The molecule has 0 aromatic rings. The fourth-order valence-corrected chi connectivity index (χ4v) is 10.00. The van der Waals surface area contributed by atoms with Crippen molar-refractivity contribution in [3.63, 3.8) is 0 Å². The van der Waals surface area contributed by atoms with Gasteiger partial charge in [-0.05, 0) is 36.5 Å². The summed E-state index contributed by atoms with van der Waals surface area (Å²) >= 11 is 0. The van der Waals surface area contributed by atoms with Gasteiger partial charge in [0.05, 0.1) is 10.5 Å². The van der Waals surface area contributed by atoms with Crippen molar-refractivity contribution in [2.45, 2.75) is 29.5 Å². The molecule has 2 heterocycles. The zero-order chi connectivity index (χ0) is 13.6. The Morgan fingerprint density at radius 3 is 2.70 bits per heavy atom. The molecule has 1 unspecified atom stereocenters. The number of alkyl halides is 3. The first-order chi connectivity index (χ1) is 9.54. The Labute approximate surface area is 119 Å². The summed E-state index contributed by atoms with van der Waals surface area (Å²) in [6.07, 6.45) is 2.36. The van der Waals surface area contributed by atoms with Crippen LogP contribution in [0.1, 0.15) is 12.8 Å². The highest BCUT2D eigenvalue weighted by Crippen LogP contribution is 2.61. The number of allylic oxidation sites excluding steroid dienone is 2. The maximum atomic E-state index is 12.9. The molecule has 2 fully saturated rings. The van der Waals surface area contributed by atoms with Crippen molar-refractivity contribution < 1.29 is 13.2 Å². The highest BCUT2D eigenvalue weighted by atomic mass is 32.2. The van der Waals surface area contributed by atoms with E-state index in [1.807, 2.05) is 0 Å². The summed E-state index contributed by atoms with van der Waals surface area (Å²) in [6, 6.07) is 0. The Balaban J connectivity index is 1.59. The lowest BCUT2D eigenvalue weighted by atomic mass is 9.81. The second-order valence-electron chi connectivity index (χ2n) is 6.06. The average Bonchev–Trinajstić information content (AvgIpc) is 3.09. The van der Waals surface area contributed by atoms with Crippen molar-refractivity contribution in [2.75, 3.05) is 0 Å². The molecule has 0 amide bonds. The lowest BCUT2D eigenvalue weighted by molar-refractivity contribution is -0.0593. The molecule has 3 aliphatic carbocycles. The van der Waals surface area contributed by atoms with Crippen LogP contribution in [0.4, 0.5) is 13.2 Å². The van der Waals surface area contributed by atoms with Crippen LogP contribution in [0.15, 0.2) is 24.7 Å². The molecule has 0 radical (unpaired) electrons.